The number of anilines is 1. The summed E-state index contributed by atoms with van der Waals surface area (Å²) in [6.07, 6.45) is 0.881. The molecule has 1 N–H and O–H groups in total. The third-order valence-electron chi connectivity index (χ3n) is 4.17. The van der Waals surface area contributed by atoms with E-state index < -0.39 is 0 Å². The van der Waals surface area contributed by atoms with Gasteiger partial charge in [0.1, 0.15) is 11.6 Å². The number of aryl methyl sites for hydroxylation is 1. The Morgan fingerprint density at radius 1 is 0.750 bits per heavy atom. The second kappa shape index (κ2) is 6.83. The van der Waals surface area contributed by atoms with Gasteiger partial charge < -0.3 is 5.32 Å². The van der Waals surface area contributed by atoms with Crippen molar-refractivity contribution in [1.29, 1.82) is 0 Å². The van der Waals surface area contributed by atoms with Crippen molar-refractivity contribution < 1.29 is 8.78 Å². The summed E-state index contributed by atoms with van der Waals surface area (Å²) in [5.74, 6) is -0.509. The lowest BCUT2D eigenvalue weighted by molar-refractivity contribution is 0.627. The van der Waals surface area contributed by atoms with Crippen molar-refractivity contribution in [3.8, 4) is 22.3 Å². The molecule has 24 heavy (non-hydrogen) atoms. The summed E-state index contributed by atoms with van der Waals surface area (Å²) in [5.41, 5.74) is 6.03. The van der Waals surface area contributed by atoms with Crippen molar-refractivity contribution in [1.82, 2.24) is 0 Å². The smallest absolute Gasteiger partial charge is 0.123 e. The van der Waals surface area contributed by atoms with E-state index in [1.54, 1.807) is 24.3 Å². The van der Waals surface area contributed by atoms with E-state index in [0.717, 1.165) is 34.4 Å². The topological polar surface area (TPSA) is 12.0 Å². The van der Waals surface area contributed by atoms with E-state index in [9.17, 15) is 8.78 Å². The molecule has 3 rings (SSSR count). The van der Waals surface area contributed by atoms with Crippen molar-refractivity contribution >= 4 is 5.69 Å². The van der Waals surface area contributed by atoms with Crippen LogP contribution >= 0.6 is 0 Å². The van der Waals surface area contributed by atoms with Gasteiger partial charge in [0, 0.05) is 23.9 Å². The van der Waals surface area contributed by atoms with E-state index in [1.165, 1.54) is 29.8 Å². The van der Waals surface area contributed by atoms with Gasteiger partial charge in [-0.2, -0.15) is 0 Å². The molecule has 0 atom stereocenters. The lowest BCUT2D eigenvalue weighted by Gasteiger charge is -2.17. The number of halogens is 2. The van der Waals surface area contributed by atoms with Crippen LogP contribution < -0.4 is 5.32 Å². The number of hydrogen-bond donors (Lipinski definition) is 1. The molecule has 0 aliphatic carbocycles. The Bertz CT molecular complexity index is 770. The Hall–Kier alpha value is -2.68. The summed E-state index contributed by atoms with van der Waals surface area (Å²) in [7, 11) is 1.86. The SMILES string of the molecule is CCc1cc(-c2ccc(F)cc2)c(NC)c(-c2ccc(F)cc2)c1. The summed E-state index contributed by atoms with van der Waals surface area (Å²) < 4.78 is 26.5. The van der Waals surface area contributed by atoms with E-state index in [1.807, 2.05) is 7.05 Å². The fourth-order valence-corrected chi connectivity index (χ4v) is 2.89. The number of hydrogen-bond acceptors (Lipinski definition) is 1. The minimum Gasteiger partial charge on any atom is -0.387 e. The van der Waals surface area contributed by atoms with Gasteiger partial charge in [-0.05, 0) is 59.5 Å². The molecule has 122 valence electrons. The highest BCUT2D eigenvalue weighted by atomic mass is 19.1. The summed E-state index contributed by atoms with van der Waals surface area (Å²) in [6, 6.07) is 17.2. The number of nitrogens with one attached hydrogen (secondary N) is 1. The van der Waals surface area contributed by atoms with Crippen LogP contribution in [0.25, 0.3) is 22.3 Å². The van der Waals surface area contributed by atoms with Gasteiger partial charge in [0.15, 0.2) is 0 Å². The zero-order valence-electron chi connectivity index (χ0n) is 13.7. The molecule has 0 saturated carbocycles. The molecule has 0 unspecified atom stereocenters. The van der Waals surface area contributed by atoms with Crippen LogP contribution in [0, 0.1) is 11.6 Å². The molecule has 0 bridgehead atoms. The van der Waals surface area contributed by atoms with Crippen LogP contribution in [0.5, 0.6) is 0 Å². The average molecular weight is 323 g/mol. The Labute approximate surface area is 141 Å². The molecule has 3 aromatic carbocycles. The van der Waals surface area contributed by atoms with Gasteiger partial charge >= 0.3 is 0 Å². The minimum absolute atomic E-state index is 0.254. The summed E-state index contributed by atoms with van der Waals surface area (Å²) in [6.45, 7) is 2.09. The van der Waals surface area contributed by atoms with E-state index in [-0.39, 0.29) is 11.6 Å². The van der Waals surface area contributed by atoms with Gasteiger partial charge in [0.25, 0.3) is 0 Å². The van der Waals surface area contributed by atoms with E-state index in [0.29, 0.717) is 0 Å². The Kier molecular flexibility index (Phi) is 4.61. The highest BCUT2D eigenvalue weighted by Crippen LogP contribution is 2.38. The normalized spacial score (nSPS) is 10.7. The first-order valence-corrected chi connectivity index (χ1v) is 7.99. The average Bonchev–Trinajstić information content (AvgIpc) is 2.62. The fourth-order valence-electron chi connectivity index (χ4n) is 2.89. The molecule has 0 heterocycles. The zero-order chi connectivity index (χ0) is 17.1. The molecule has 0 saturated heterocycles. The maximum atomic E-state index is 13.3. The molecule has 0 amide bonds. The van der Waals surface area contributed by atoms with Crippen molar-refractivity contribution in [2.45, 2.75) is 13.3 Å². The first-order valence-electron chi connectivity index (χ1n) is 7.99. The van der Waals surface area contributed by atoms with Crippen molar-refractivity contribution in [2.75, 3.05) is 12.4 Å². The lowest BCUT2D eigenvalue weighted by Crippen LogP contribution is -1.98. The largest absolute Gasteiger partial charge is 0.387 e. The lowest BCUT2D eigenvalue weighted by atomic mass is 9.92. The second-order valence-electron chi connectivity index (χ2n) is 5.68. The molecule has 0 aromatic heterocycles. The quantitative estimate of drug-likeness (QED) is 0.630. The Morgan fingerprint density at radius 2 is 1.17 bits per heavy atom. The van der Waals surface area contributed by atoms with E-state index in [2.05, 4.69) is 24.4 Å². The number of benzene rings is 3. The Morgan fingerprint density at radius 3 is 1.50 bits per heavy atom. The van der Waals surface area contributed by atoms with Crippen LogP contribution in [-0.2, 0) is 6.42 Å². The third kappa shape index (κ3) is 3.16. The molecule has 0 aliphatic heterocycles. The highest BCUT2D eigenvalue weighted by Gasteiger charge is 2.13. The molecular formula is C21H19F2N. The summed E-state index contributed by atoms with van der Waals surface area (Å²) >= 11 is 0. The molecule has 0 spiro atoms. The second-order valence-corrected chi connectivity index (χ2v) is 5.68. The van der Waals surface area contributed by atoms with Crippen LogP contribution in [0.3, 0.4) is 0 Å². The van der Waals surface area contributed by atoms with Crippen molar-refractivity contribution in [3.05, 3.63) is 77.9 Å². The van der Waals surface area contributed by atoms with Crippen LogP contribution in [0.1, 0.15) is 12.5 Å². The van der Waals surface area contributed by atoms with Crippen LogP contribution in [-0.4, -0.2) is 7.05 Å². The summed E-state index contributed by atoms with van der Waals surface area (Å²) in [4.78, 5) is 0. The predicted molar refractivity (Wildman–Crippen MR) is 96.2 cm³/mol. The Balaban J connectivity index is 2.23. The first-order chi connectivity index (χ1) is 11.6. The maximum absolute atomic E-state index is 13.3. The molecule has 3 heteroatoms. The zero-order valence-corrected chi connectivity index (χ0v) is 13.7. The molecule has 0 aliphatic rings. The fraction of sp³-hybridized carbons (Fsp3) is 0.143. The van der Waals surface area contributed by atoms with Gasteiger partial charge in [-0.3, -0.25) is 0 Å². The summed E-state index contributed by atoms with van der Waals surface area (Å²) in [5, 5.41) is 3.25. The molecule has 0 fully saturated rings. The first kappa shape index (κ1) is 16.2. The predicted octanol–water partition coefficient (Wildman–Crippen LogP) is 5.90. The third-order valence-corrected chi connectivity index (χ3v) is 4.17. The van der Waals surface area contributed by atoms with Crippen LogP contribution in [0.4, 0.5) is 14.5 Å². The standard InChI is InChI=1S/C21H19F2N/c1-3-14-12-19(15-4-8-17(22)9-5-15)21(24-2)20(13-14)16-6-10-18(23)11-7-16/h4-13,24H,3H2,1-2H3. The van der Waals surface area contributed by atoms with Gasteiger partial charge in [0.05, 0.1) is 0 Å². The van der Waals surface area contributed by atoms with Gasteiger partial charge in [0.2, 0.25) is 0 Å². The monoisotopic (exact) mass is 323 g/mol. The van der Waals surface area contributed by atoms with Crippen LogP contribution in [0.2, 0.25) is 0 Å². The molecule has 0 radical (unpaired) electrons. The van der Waals surface area contributed by atoms with E-state index >= 15 is 0 Å². The van der Waals surface area contributed by atoms with Gasteiger partial charge in [-0.15, -0.1) is 0 Å². The van der Waals surface area contributed by atoms with Gasteiger partial charge in [-0.25, -0.2) is 8.78 Å². The van der Waals surface area contributed by atoms with Crippen molar-refractivity contribution in [2.24, 2.45) is 0 Å². The maximum Gasteiger partial charge on any atom is 0.123 e. The highest BCUT2D eigenvalue weighted by molar-refractivity contribution is 5.91. The van der Waals surface area contributed by atoms with Crippen LogP contribution in [0.15, 0.2) is 60.7 Å². The number of rotatable bonds is 4. The molecule has 3 aromatic rings. The van der Waals surface area contributed by atoms with Gasteiger partial charge in [-0.1, -0.05) is 31.2 Å². The van der Waals surface area contributed by atoms with E-state index in [4.69, 9.17) is 0 Å². The molecular weight excluding hydrogens is 304 g/mol. The molecule has 1 nitrogen and oxygen atoms in total. The van der Waals surface area contributed by atoms with Crippen molar-refractivity contribution in [3.63, 3.8) is 0 Å². The minimum atomic E-state index is -0.254.